The molecule has 6 nitrogen and oxygen atoms in total. The van der Waals surface area contributed by atoms with Crippen molar-refractivity contribution in [2.45, 2.75) is 52.0 Å². The second-order valence-electron chi connectivity index (χ2n) is 7.50. The molecule has 0 bridgehead atoms. The molecular formula is C20H32BrN3O3S. The molecule has 1 aliphatic rings. The Balaban J connectivity index is 1.87. The molecule has 1 atom stereocenters. The summed E-state index contributed by atoms with van der Waals surface area (Å²) in [6.45, 7) is 6.58. The first-order chi connectivity index (χ1) is 13.2. The number of hydrogen-bond donors (Lipinski definition) is 1. The summed E-state index contributed by atoms with van der Waals surface area (Å²) >= 11 is 3.41. The van der Waals surface area contributed by atoms with Crippen LogP contribution in [0, 0.1) is 6.92 Å². The molecule has 1 aromatic carbocycles. The Labute approximate surface area is 177 Å². The molecule has 1 N–H and O–H groups in total. The first kappa shape index (κ1) is 23.2. The van der Waals surface area contributed by atoms with Crippen molar-refractivity contribution >= 4 is 37.5 Å². The van der Waals surface area contributed by atoms with Gasteiger partial charge in [0.1, 0.15) is 6.54 Å². The van der Waals surface area contributed by atoms with Gasteiger partial charge < -0.3 is 10.2 Å². The Morgan fingerprint density at radius 1 is 1.36 bits per heavy atom. The number of piperidine rings is 1. The first-order valence-corrected chi connectivity index (χ1v) is 12.6. The third kappa shape index (κ3) is 6.74. The van der Waals surface area contributed by atoms with Crippen molar-refractivity contribution in [3.05, 3.63) is 28.2 Å². The number of rotatable bonds is 9. The second kappa shape index (κ2) is 10.6. The van der Waals surface area contributed by atoms with Gasteiger partial charge in [0.05, 0.1) is 11.9 Å². The van der Waals surface area contributed by atoms with Crippen LogP contribution < -0.4 is 9.62 Å². The maximum atomic E-state index is 12.4. The Kier molecular flexibility index (Phi) is 8.77. The van der Waals surface area contributed by atoms with E-state index in [4.69, 9.17) is 0 Å². The van der Waals surface area contributed by atoms with Crippen LogP contribution >= 0.6 is 15.9 Å². The van der Waals surface area contributed by atoms with E-state index in [2.05, 4.69) is 33.1 Å². The molecule has 1 amide bonds. The number of hydrogen-bond acceptors (Lipinski definition) is 4. The number of halogens is 1. The van der Waals surface area contributed by atoms with Gasteiger partial charge in [0.2, 0.25) is 15.9 Å². The zero-order valence-electron chi connectivity index (χ0n) is 17.1. The number of benzene rings is 1. The summed E-state index contributed by atoms with van der Waals surface area (Å²) in [6, 6.07) is 5.92. The van der Waals surface area contributed by atoms with E-state index < -0.39 is 10.0 Å². The van der Waals surface area contributed by atoms with Gasteiger partial charge >= 0.3 is 0 Å². The highest BCUT2D eigenvalue weighted by Gasteiger charge is 2.22. The van der Waals surface area contributed by atoms with Crippen molar-refractivity contribution in [3.8, 4) is 0 Å². The fourth-order valence-corrected chi connectivity index (χ4v) is 4.79. The third-order valence-corrected chi connectivity index (χ3v) is 7.31. The number of carbonyl (C=O) groups is 1. The summed E-state index contributed by atoms with van der Waals surface area (Å²) in [6.07, 6.45) is 6.99. The number of nitrogens with one attached hydrogen (secondary N) is 1. The molecule has 28 heavy (non-hydrogen) atoms. The van der Waals surface area contributed by atoms with Gasteiger partial charge in [0.25, 0.3) is 0 Å². The van der Waals surface area contributed by atoms with Gasteiger partial charge in [-0.25, -0.2) is 8.42 Å². The lowest BCUT2D eigenvalue weighted by atomic mass is 10.00. The largest absolute Gasteiger partial charge is 0.354 e. The Bertz CT molecular complexity index is 770. The van der Waals surface area contributed by atoms with Gasteiger partial charge in [0.15, 0.2) is 0 Å². The van der Waals surface area contributed by atoms with Crippen LogP contribution in [0.1, 0.15) is 44.6 Å². The van der Waals surface area contributed by atoms with Gasteiger partial charge in [0, 0.05) is 23.6 Å². The summed E-state index contributed by atoms with van der Waals surface area (Å²) in [5.41, 5.74) is 1.41. The minimum atomic E-state index is -3.55. The topological polar surface area (TPSA) is 69.7 Å². The Morgan fingerprint density at radius 3 is 2.75 bits per heavy atom. The van der Waals surface area contributed by atoms with E-state index in [1.54, 1.807) is 18.2 Å². The average molecular weight is 474 g/mol. The van der Waals surface area contributed by atoms with Crippen LogP contribution in [-0.4, -0.2) is 57.7 Å². The van der Waals surface area contributed by atoms with Crippen LogP contribution in [0.5, 0.6) is 0 Å². The maximum Gasteiger partial charge on any atom is 0.240 e. The zero-order valence-corrected chi connectivity index (χ0v) is 19.5. The molecule has 8 heteroatoms. The highest BCUT2D eigenvalue weighted by Crippen LogP contribution is 2.24. The highest BCUT2D eigenvalue weighted by atomic mass is 79.9. The van der Waals surface area contributed by atoms with Crippen molar-refractivity contribution in [3.63, 3.8) is 0 Å². The molecule has 0 aliphatic carbocycles. The van der Waals surface area contributed by atoms with Gasteiger partial charge in [-0.1, -0.05) is 29.3 Å². The molecule has 1 heterocycles. The first-order valence-electron chi connectivity index (χ1n) is 9.97. The average Bonchev–Trinajstić information content (AvgIpc) is 2.65. The highest BCUT2D eigenvalue weighted by molar-refractivity contribution is 9.10. The molecule has 1 saturated heterocycles. The molecular weight excluding hydrogens is 442 g/mol. The van der Waals surface area contributed by atoms with E-state index in [0.717, 1.165) is 40.1 Å². The number of amides is 1. The van der Waals surface area contributed by atoms with Crippen LogP contribution in [0.3, 0.4) is 0 Å². The summed E-state index contributed by atoms with van der Waals surface area (Å²) < 4.78 is 26.4. The predicted octanol–water partition coefficient (Wildman–Crippen LogP) is 3.29. The SMILES string of the molecule is CCC1CCCCN1CCCNC(=O)CN(c1ccc(Br)c(C)c1)S(C)(=O)=O. The second-order valence-corrected chi connectivity index (χ2v) is 10.3. The maximum absolute atomic E-state index is 12.4. The van der Waals surface area contributed by atoms with Crippen molar-refractivity contribution in [2.75, 3.05) is 36.7 Å². The van der Waals surface area contributed by atoms with Crippen molar-refractivity contribution in [1.29, 1.82) is 0 Å². The monoisotopic (exact) mass is 473 g/mol. The van der Waals surface area contributed by atoms with E-state index in [9.17, 15) is 13.2 Å². The molecule has 0 saturated carbocycles. The Morgan fingerprint density at radius 2 is 2.11 bits per heavy atom. The van der Waals surface area contributed by atoms with Gasteiger partial charge in [-0.2, -0.15) is 0 Å². The van der Waals surface area contributed by atoms with Crippen molar-refractivity contribution in [1.82, 2.24) is 10.2 Å². The van der Waals surface area contributed by atoms with E-state index in [0.29, 0.717) is 18.3 Å². The van der Waals surface area contributed by atoms with E-state index in [1.165, 1.54) is 25.7 Å². The molecule has 2 rings (SSSR count). The lowest BCUT2D eigenvalue weighted by Crippen LogP contribution is -2.42. The molecule has 0 spiro atoms. The number of likely N-dealkylation sites (tertiary alicyclic amines) is 1. The van der Waals surface area contributed by atoms with E-state index >= 15 is 0 Å². The lowest BCUT2D eigenvalue weighted by molar-refractivity contribution is -0.119. The standard InChI is InChI=1S/C20H32BrN3O3S/c1-4-17-8-5-6-12-23(17)13-7-11-22-20(25)15-24(28(3,26)27)18-9-10-19(21)16(2)14-18/h9-10,14,17H,4-8,11-13,15H2,1-3H3,(H,22,25). The van der Waals surface area contributed by atoms with Crippen LogP contribution in [0.4, 0.5) is 5.69 Å². The molecule has 0 radical (unpaired) electrons. The molecule has 0 aromatic heterocycles. The Hall–Kier alpha value is -1.12. The smallest absolute Gasteiger partial charge is 0.240 e. The van der Waals surface area contributed by atoms with Crippen LogP contribution in [-0.2, 0) is 14.8 Å². The van der Waals surface area contributed by atoms with Crippen molar-refractivity contribution in [2.24, 2.45) is 0 Å². The van der Waals surface area contributed by atoms with Crippen LogP contribution in [0.25, 0.3) is 0 Å². The minimum absolute atomic E-state index is 0.207. The molecule has 1 aromatic rings. The number of carbonyl (C=O) groups excluding carboxylic acids is 1. The van der Waals surface area contributed by atoms with Crippen molar-refractivity contribution < 1.29 is 13.2 Å². The summed E-state index contributed by atoms with van der Waals surface area (Å²) in [5, 5.41) is 2.87. The number of anilines is 1. The normalized spacial score (nSPS) is 18.1. The summed E-state index contributed by atoms with van der Waals surface area (Å²) in [7, 11) is -3.55. The molecule has 1 unspecified atom stereocenters. The molecule has 158 valence electrons. The number of sulfonamides is 1. The number of aryl methyl sites for hydroxylation is 1. The minimum Gasteiger partial charge on any atom is -0.354 e. The number of nitrogens with zero attached hydrogens (tertiary/aromatic N) is 2. The van der Waals surface area contributed by atoms with Crippen LogP contribution in [0.2, 0.25) is 0 Å². The fraction of sp³-hybridized carbons (Fsp3) is 0.650. The lowest BCUT2D eigenvalue weighted by Gasteiger charge is -2.35. The molecule has 1 fully saturated rings. The predicted molar refractivity (Wildman–Crippen MR) is 118 cm³/mol. The molecule has 1 aliphatic heterocycles. The fourth-order valence-electron chi connectivity index (χ4n) is 3.70. The van der Waals surface area contributed by atoms with Crippen LogP contribution in [0.15, 0.2) is 22.7 Å². The third-order valence-electron chi connectivity index (χ3n) is 5.28. The zero-order chi connectivity index (χ0) is 20.7. The summed E-state index contributed by atoms with van der Waals surface area (Å²) in [4.78, 5) is 14.9. The summed E-state index contributed by atoms with van der Waals surface area (Å²) in [5.74, 6) is -0.281. The van der Waals surface area contributed by atoms with Gasteiger partial charge in [-0.15, -0.1) is 0 Å². The van der Waals surface area contributed by atoms with E-state index in [1.807, 2.05) is 6.92 Å². The van der Waals surface area contributed by atoms with Gasteiger partial charge in [-0.05, 0) is 62.9 Å². The van der Waals surface area contributed by atoms with E-state index in [-0.39, 0.29) is 12.5 Å². The quantitative estimate of drug-likeness (QED) is 0.558. The van der Waals surface area contributed by atoms with Gasteiger partial charge in [-0.3, -0.25) is 9.10 Å².